The second-order valence-corrected chi connectivity index (χ2v) is 5.81. The quantitative estimate of drug-likeness (QED) is 0.865. The first-order valence-corrected chi connectivity index (χ1v) is 7.52. The minimum Gasteiger partial charge on any atom is -0.396 e. The van der Waals surface area contributed by atoms with Crippen LogP contribution >= 0.6 is 0 Å². The molecule has 2 N–H and O–H groups in total. The summed E-state index contributed by atoms with van der Waals surface area (Å²) in [6, 6.07) is 8.12. The number of anilines is 1. The van der Waals surface area contributed by atoms with Gasteiger partial charge in [0.25, 0.3) is 0 Å². The fourth-order valence-electron chi connectivity index (χ4n) is 3.28. The van der Waals surface area contributed by atoms with Crippen LogP contribution in [0.2, 0.25) is 0 Å². The molecule has 4 nitrogen and oxygen atoms in total. The molecule has 1 aromatic carbocycles. The van der Waals surface area contributed by atoms with Crippen LogP contribution in [0.4, 0.5) is 5.69 Å². The van der Waals surface area contributed by atoms with Gasteiger partial charge in [0.2, 0.25) is 5.91 Å². The summed E-state index contributed by atoms with van der Waals surface area (Å²) in [5.74, 6) is 0.632. The van der Waals surface area contributed by atoms with E-state index in [-0.39, 0.29) is 18.4 Å². The molecule has 0 radical (unpaired) electrons. The molecular formula is C16H22N2O2. The summed E-state index contributed by atoms with van der Waals surface area (Å²) < 4.78 is 0. The zero-order valence-electron chi connectivity index (χ0n) is 11.7. The molecule has 0 spiro atoms. The Bertz CT molecular complexity index is 481. The van der Waals surface area contributed by atoms with Gasteiger partial charge >= 0.3 is 0 Å². The topological polar surface area (TPSA) is 52.6 Å². The van der Waals surface area contributed by atoms with Gasteiger partial charge in [-0.1, -0.05) is 18.2 Å². The average molecular weight is 274 g/mol. The Morgan fingerprint density at radius 1 is 1.25 bits per heavy atom. The van der Waals surface area contributed by atoms with E-state index in [1.54, 1.807) is 0 Å². The molecule has 0 bridgehead atoms. The van der Waals surface area contributed by atoms with E-state index in [4.69, 9.17) is 0 Å². The number of para-hydroxylation sites is 1. The number of benzene rings is 1. The number of carbonyl (C=O) groups excluding carboxylic acids is 1. The third kappa shape index (κ3) is 2.52. The number of rotatable bonds is 2. The molecule has 0 saturated carbocycles. The van der Waals surface area contributed by atoms with Gasteiger partial charge in [0.15, 0.2) is 0 Å². The van der Waals surface area contributed by atoms with E-state index in [1.165, 1.54) is 0 Å². The van der Waals surface area contributed by atoms with E-state index in [0.717, 1.165) is 50.1 Å². The molecule has 2 aliphatic heterocycles. The lowest BCUT2D eigenvalue weighted by Gasteiger charge is -2.35. The summed E-state index contributed by atoms with van der Waals surface area (Å²) in [5.41, 5.74) is 2.23. The summed E-state index contributed by atoms with van der Waals surface area (Å²) in [6.07, 6.45) is 2.72. The van der Waals surface area contributed by atoms with Crippen molar-refractivity contribution in [1.82, 2.24) is 4.90 Å². The Kier molecular flexibility index (Phi) is 3.92. The van der Waals surface area contributed by atoms with Crippen molar-refractivity contribution in [3.63, 3.8) is 0 Å². The maximum absolute atomic E-state index is 12.7. The minimum atomic E-state index is -0.00173. The summed E-state index contributed by atoms with van der Waals surface area (Å²) in [4.78, 5) is 14.7. The lowest BCUT2D eigenvalue weighted by atomic mass is 9.88. The van der Waals surface area contributed by atoms with Gasteiger partial charge in [-0.05, 0) is 36.8 Å². The first-order valence-electron chi connectivity index (χ1n) is 7.52. The predicted molar refractivity (Wildman–Crippen MR) is 78.7 cm³/mol. The van der Waals surface area contributed by atoms with E-state index in [1.807, 2.05) is 23.1 Å². The van der Waals surface area contributed by atoms with Crippen LogP contribution in [0.3, 0.4) is 0 Å². The molecule has 2 heterocycles. The lowest BCUT2D eigenvalue weighted by Crippen LogP contribution is -2.42. The molecule has 4 heteroatoms. The minimum absolute atomic E-state index is 0.00173. The second kappa shape index (κ2) is 5.83. The highest BCUT2D eigenvalue weighted by Gasteiger charge is 2.31. The second-order valence-electron chi connectivity index (χ2n) is 5.81. The van der Waals surface area contributed by atoms with Gasteiger partial charge in [-0.25, -0.2) is 0 Å². The lowest BCUT2D eigenvalue weighted by molar-refractivity contribution is -0.134. The average Bonchev–Trinajstić information content (AvgIpc) is 2.54. The van der Waals surface area contributed by atoms with Gasteiger partial charge in [-0.15, -0.1) is 0 Å². The normalized spacial score (nSPS) is 23.1. The van der Waals surface area contributed by atoms with Crippen LogP contribution in [0.1, 0.15) is 30.7 Å². The predicted octanol–water partition coefficient (Wildman–Crippen LogP) is 1.82. The van der Waals surface area contributed by atoms with Crippen molar-refractivity contribution in [3.05, 3.63) is 29.8 Å². The Balaban J connectivity index is 1.72. The fraction of sp³-hybridized carbons (Fsp3) is 0.562. The van der Waals surface area contributed by atoms with Crippen molar-refractivity contribution in [2.24, 2.45) is 5.92 Å². The highest BCUT2D eigenvalue weighted by Crippen LogP contribution is 2.33. The van der Waals surface area contributed by atoms with Crippen LogP contribution in [0, 0.1) is 5.92 Å². The third-order valence-corrected chi connectivity index (χ3v) is 4.57. The van der Waals surface area contributed by atoms with Crippen molar-refractivity contribution < 1.29 is 9.90 Å². The van der Waals surface area contributed by atoms with Crippen LogP contribution in [-0.2, 0) is 4.79 Å². The fourth-order valence-corrected chi connectivity index (χ4v) is 3.28. The van der Waals surface area contributed by atoms with Gasteiger partial charge in [-0.2, -0.15) is 0 Å². The molecule has 108 valence electrons. The van der Waals surface area contributed by atoms with Crippen LogP contribution in [0.15, 0.2) is 24.3 Å². The number of hydrogen-bond acceptors (Lipinski definition) is 3. The Morgan fingerprint density at radius 3 is 2.75 bits per heavy atom. The first kappa shape index (κ1) is 13.4. The number of nitrogens with zero attached hydrogens (tertiary/aromatic N) is 1. The van der Waals surface area contributed by atoms with Crippen molar-refractivity contribution in [3.8, 4) is 0 Å². The number of piperidine rings is 1. The summed E-state index contributed by atoms with van der Waals surface area (Å²) in [6.45, 7) is 2.69. The van der Waals surface area contributed by atoms with Crippen LogP contribution in [-0.4, -0.2) is 42.2 Å². The van der Waals surface area contributed by atoms with Crippen LogP contribution in [0.25, 0.3) is 0 Å². The largest absolute Gasteiger partial charge is 0.396 e. The highest BCUT2D eigenvalue weighted by molar-refractivity contribution is 5.86. The number of fused-ring (bicyclic) bond motifs is 1. The number of hydrogen-bond donors (Lipinski definition) is 2. The Hall–Kier alpha value is -1.55. The molecule has 0 aromatic heterocycles. The van der Waals surface area contributed by atoms with Gasteiger partial charge in [-0.3, -0.25) is 4.79 Å². The molecule has 1 atom stereocenters. The number of amides is 1. The van der Waals surface area contributed by atoms with E-state index in [9.17, 15) is 9.90 Å². The summed E-state index contributed by atoms with van der Waals surface area (Å²) in [5, 5.41) is 12.5. The maximum atomic E-state index is 12.7. The molecular weight excluding hydrogens is 252 g/mol. The zero-order valence-corrected chi connectivity index (χ0v) is 11.7. The SMILES string of the molecule is O=C(C1CCNc2ccccc21)N1CCC(CO)CC1. The number of nitrogens with one attached hydrogen (secondary N) is 1. The van der Waals surface area contributed by atoms with Gasteiger partial charge in [0, 0.05) is 31.9 Å². The van der Waals surface area contributed by atoms with Crippen molar-refractivity contribution in [2.45, 2.75) is 25.2 Å². The van der Waals surface area contributed by atoms with Crippen molar-refractivity contribution in [2.75, 3.05) is 31.6 Å². The van der Waals surface area contributed by atoms with Crippen LogP contribution in [0.5, 0.6) is 0 Å². The molecule has 3 rings (SSSR count). The Labute approximate surface area is 119 Å². The number of carbonyl (C=O) groups is 1. The third-order valence-electron chi connectivity index (χ3n) is 4.57. The number of aliphatic hydroxyl groups is 1. The molecule has 0 aliphatic carbocycles. The standard InChI is InChI=1S/C16H22N2O2/c19-11-12-6-9-18(10-7-12)16(20)14-5-8-17-15-4-2-1-3-13(14)15/h1-4,12,14,17,19H,5-11H2. The molecule has 20 heavy (non-hydrogen) atoms. The van der Waals surface area contributed by atoms with E-state index < -0.39 is 0 Å². The molecule has 2 aliphatic rings. The first-order chi connectivity index (χ1) is 9.79. The summed E-state index contributed by atoms with van der Waals surface area (Å²) >= 11 is 0. The molecule has 1 unspecified atom stereocenters. The van der Waals surface area contributed by atoms with Crippen LogP contribution < -0.4 is 5.32 Å². The van der Waals surface area contributed by atoms with E-state index in [0.29, 0.717) is 5.92 Å². The van der Waals surface area contributed by atoms with Crippen molar-refractivity contribution >= 4 is 11.6 Å². The number of aliphatic hydroxyl groups excluding tert-OH is 1. The zero-order chi connectivity index (χ0) is 13.9. The molecule has 1 fully saturated rings. The van der Waals surface area contributed by atoms with Gasteiger partial charge in [0.1, 0.15) is 0 Å². The molecule has 1 amide bonds. The van der Waals surface area contributed by atoms with Gasteiger partial charge in [0.05, 0.1) is 5.92 Å². The van der Waals surface area contributed by atoms with E-state index in [2.05, 4.69) is 11.4 Å². The summed E-state index contributed by atoms with van der Waals surface area (Å²) in [7, 11) is 0. The highest BCUT2D eigenvalue weighted by atomic mass is 16.3. The Morgan fingerprint density at radius 2 is 2.00 bits per heavy atom. The van der Waals surface area contributed by atoms with E-state index >= 15 is 0 Å². The monoisotopic (exact) mass is 274 g/mol. The smallest absolute Gasteiger partial charge is 0.230 e. The molecule has 1 saturated heterocycles. The van der Waals surface area contributed by atoms with Crippen molar-refractivity contribution in [1.29, 1.82) is 0 Å². The molecule has 1 aromatic rings. The van der Waals surface area contributed by atoms with Gasteiger partial charge < -0.3 is 15.3 Å². The number of likely N-dealkylation sites (tertiary alicyclic amines) is 1. The maximum Gasteiger partial charge on any atom is 0.230 e.